The summed E-state index contributed by atoms with van der Waals surface area (Å²) in [5.74, 6) is 1.25. The molecule has 1 aromatic heterocycles. The molecule has 1 N–H and O–H groups in total. The first-order valence-electron chi connectivity index (χ1n) is 7.33. The normalized spacial score (nSPS) is 20.4. The van der Waals surface area contributed by atoms with E-state index in [2.05, 4.69) is 17.3 Å². The van der Waals surface area contributed by atoms with Crippen LogP contribution in [0.2, 0.25) is 5.02 Å². The average Bonchev–Trinajstić information content (AvgIpc) is 3.09. The van der Waals surface area contributed by atoms with Crippen LogP contribution in [-0.2, 0) is 11.3 Å². The molecule has 0 bridgehead atoms. The number of thioether (sulfide) groups is 1. The molecule has 0 amide bonds. The molecule has 0 aromatic carbocycles. The van der Waals surface area contributed by atoms with Crippen LogP contribution in [-0.4, -0.2) is 41.0 Å². The van der Waals surface area contributed by atoms with E-state index < -0.39 is 0 Å². The van der Waals surface area contributed by atoms with Gasteiger partial charge in [-0.2, -0.15) is 16.9 Å². The van der Waals surface area contributed by atoms with Crippen LogP contribution >= 0.6 is 23.4 Å². The molecule has 0 radical (unpaired) electrons. The lowest BCUT2D eigenvalue weighted by Gasteiger charge is -2.25. The molecule has 0 spiro atoms. The molecule has 20 heavy (non-hydrogen) atoms. The Bertz CT molecular complexity index is 407. The van der Waals surface area contributed by atoms with Crippen molar-refractivity contribution in [2.24, 2.45) is 0 Å². The zero-order valence-corrected chi connectivity index (χ0v) is 13.8. The summed E-state index contributed by atoms with van der Waals surface area (Å²) in [4.78, 5) is 0. The van der Waals surface area contributed by atoms with Gasteiger partial charge in [0.15, 0.2) is 0 Å². The minimum atomic E-state index is 0.286. The fourth-order valence-electron chi connectivity index (χ4n) is 2.61. The molecule has 0 saturated carbocycles. The fourth-order valence-corrected chi connectivity index (χ4v) is 4.25. The molecule has 1 fully saturated rings. The highest BCUT2D eigenvalue weighted by atomic mass is 35.5. The maximum absolute atomic E-state index is 6.40. The molecule has 6 heteroatoms. The largest absolute Gasteiger partial charge is 0.383 e. The molecular weight excluding hydrogens is 294 g/mol. The highest BCUT2D eigenvalue weighted by Crippen LogP contribution is 2.38. The van der Waals surface area contributed by atoms with Crippen LogP contribution < -0.4 is 5.32 Å². The van der Waals surface area contributed by atoms with Crippen molar-refractivity contribution in [2.45, 2.75) is 44.0 Å². The molecule has 2 heterocycles. The number of hydrogen-bond donors (Lipinski definition) is 1. The molecular formula is C14H24ClN3OS. The number of aromatic nitrogens is 2. The first-order valence-corrected chi connectivity index (χ1v) is 8.75. The van der Waals surface area contributed by atoms with E-state index in [0.29, 0.717) is 11.9 Å². The second kappa shape index (κ2) is 8.27. The standard InChI is InChI=1S/C14H24ClN3OS/c1-3-6-16-13(12-5-4-9-20-12)14-11(15)10-17-18(14)7-8-19-2/h10,12-13,16H,3-9H2,1-2H3. The van der Waals surface area contributed by atoms with Gasteiger partial charge in [-0.3, -0.25) is 4.68 Å². The van der Waals surface area contributed by atoms with Crippen molar-refractivity contribution in [1.29, 1.82) is 0 Å². The molecule has 1 aliphatic rings. The lowest BCUT2D eigenvalue weighted by Crippen LogP contribution is -2.32. The zero-order chi connectivity index (χ0) is 14.4. The van der Waals surface area contributed by atoms with Gasteiger partial charge in [0.1, 0.15) is 0 Å². The summed E-state index contributed by atoms with van der Waals surface area (Å²) in [7, 11) is 1.71. The number of ether oxygens (including phenoxy) is 1. The Morgan fingerprint density at radius 1 is 1.65 bits per heavy atom. The SMILES string of the molecule is CCCNC(c1c(Cl)cnn1CCOC)C1CCCS1. The Hall–Kier alpha value is -0.230. The number of methoxy groups -OCH3 is 1. The minimum absolute atomic E-state index is 0.286. The first-order chi connectivity index (χ1) is 9.77. The van der Waals surface area contributed by atoms with Gasteiger partial charge in [-0.1, -0.05) is 18.5 Å². The second-order valence-electron chi connectivity index (χ2n) is 5.08. The third-order valence-corrected chi connectivity index (χ3v) is 5.34. The highest BCUT2D eigenvalue weighted by Gasteiger charge is 2.30. The Kier molecular flexibility index (Phi) is 6.68. The number of halogens is 1. The molecule has 2 rings (SSSR count). The molecule has 2 atom stereocenters. The van der Waals surface area contributed by atoms with E-state index in [9.17, 15) is 0 Å². The lowest BCUT2D eigenvalue weighted by molar-refractivity contribution is 0.181. The number of nitrogens with zero attached hydrogens (tertiary/aromatic N) is 2. The molecule has 2 unspecified atom stereocenters. The summed E-state index contributed by atoms with van der Waals surface area (Å²) in [5.41, 5.74) is 1.12. The van der Waals surface area contributed by atoms with Gasteiger partial charge in [-0.25, -0.2) is 0 Å². The van der Waals surface area contributed by atoms with Crippen LogP contribution in [0.5, 0.6) is 0 Å². The van der Waals surface area contributed by atoms with E-state index >= 15 is 0 Å². The van der Waals surface area contributed by atoms with Crippen molar-refractivity contribution in [1.82, 2.24) is 15.1 Å². The van der Waals surface area contributed by atoms with Gasteiger partial charge in [-0.15, -0.1) is 0 Å². The third-order valence-electron chi connectivity index (χ3n) is 3.59. The summed E-state index contributed by atoms with van der Waals surface area (Å²) in [6, 6.07) is 0.286. The van der Waals surface area contributed by atoms with Crippen molar-refractivity contribution >= 4 is 23.4 Å². The van der Waals surface area contributed by atoms with Crippen molar-refractivity contribution in [3.63, 3.8) is 0 Å². The van der Waals surface area contributed by atoms with Gasteiger partial charge >= 0.3 is 0 Å². The summed E-state index contributed by atoms with van der Waals surface area (Å²) < 4.78 is 7.16. The van der Waals surface area contributed by atoms with E-state index in [0.717, 1.165) is 30.2 Å². The lowest BCUT2D eigenvalue weighted by atomic mass is 10.1. The maximum Gasteiger partial charge on any atom is 0.0834 e. The quantitative estimate of drug-likeness (QED) is 0.799. The van der Waals surface area contributed by atoms with Crippen LogP contribution in [0, 0.1) is 0 Å². The molecule has 114 valence electrons. The second-order valence-corrected chi connectivity index (χ2v) is 6.83. The molecule has 1 aliphatic heterocycles. The van der Waals surface area contributed by atoms with Crippen LogP contribution in [0.3, 0.4) is 0 Å². The summed E-state index contributed by atoms with van der Waals surface area (Å²) in [6.07, 6.45) is 5.42. The van der Waals surface area contributed by atoms with Crippen molar-refractivity contribution in [3.8, 4) is 0 Å². The van der Waals surface area contributed by atoms with Gasteiger partial charge in [-0.05, 0) is 31.6 Å². The Morgan fingerprint density at radius 2 is 2.50 bits per heavy atom. The van der Waals surface area contributed by atoms with E-state index in [1.165, 1.54) is 18.6 Å². The zero-order valence-electron chi connectivity index (χ0n) is 12.3. The number of rotatable bonds is 8. The highest BCUT2D eigenvalue weighted by molar-refractivity contribution is 8.00. The minimum Gasteiger partial charge on any atom is -0.383 e. The van der Waals surface area contributed by atoms with Gasteiger partial charge in [0.2, 0.25) is 0 Å². The topological polar surface area (TPSA) is 39.1 Å². The van der Waals surface area contributed by atoms with Crippen LogP contribution in [0.15, 0.2) is 6.20 Å². The predicted octanol–water partition coefficient (Wildman–Crippen LogP) is 3.12. The van der Waals surface area contributed by atoms with Crippen molar-refractivity contribution < 1.29 is 4.74 Å². The monoisotopic (exact) mass is 317 g/mol. The van der Waals surface area contributed by atoms with Crippen LogP contribution in [0.25, 0.3) is 0 Å². The van der Waals surface area contributed by atoms with Gasteiger partial charge in [0.05, 0.1) is 36.1 Å². The Labute approximate surface area is 130 Å². The maximum atomic E-state index is 6.40. The average molecular weight is 318 g/mol. The van der Waals surface area contributed by atoms with Crippen LogP contribution in [0.1, 0.15) is 37.9 Å². The van der Waals surface area contributed by atoms with Gasteiger partial charge < -0.3 is 10.1 Å². The van der Waals surface area contributed by atoms with E-state index in [1.807, 2.05) is 16.4 Å². The Balaban J connectivity index is 2.19. The molecule has 1 saturated heterocycles. The van der Waals surface area contributed by atoms with Crippen molar-refractivity contribution in [3.05, 3.63) is 16.9 Å². The van der Waals surface area contributed by atoms with E-state index in [-0.39, 0.29) is 6.04 Å². The van der Waals surface area contributed by atoms with Gasteiger partial charge in [0.25, 0.3) is 0 Å². The molecule has 4 nitrogen and oxygen atoms in total. The molecule has 1 aromatic rings. The summed E-state index contributed by atoms with van der Waals surface area (Å²) >= 11 is 8.45. The van der Waals surface area contributed by atoms with Gasteiger partial charge in [0, 0.05) is 12.4 Å². The summed E-state index contributed by atoms with van der Waals surface area (Å²) in [6.45, 7) is 4.60. The fraction of sp³-hybridized carbons (Fsp3) is 0.786. The van der Waals surface area contributed by atoms with E-state index in [1.54, 1.807) is 13.3 Å². The Morgan fingerprint density at radius 3 is 3.15 bits per heavy atom. The van der Waals surface area contributed by atoms with Crippen LogP contribution in [0.4, 0.5) is 0 Å². The third kappa shape index (κ3) is 3.91. The molecule has 0 aliphatic carbocycles. The van der Waals surface area contributed by atoms with Crippen molar-refractivity contribution in [2.75, 3.05) is 26.0 Å². The predicted molar refractivity (Wildman–Crippen MR) is 85.6 cm³/mol. The summed E-state index contributed by atoms with van der Waals surface area (Å²) in [5, 5.41) is 9.43. The van der Waals surface area contributed by atoms with E-state index in [4.69, 9.17) is 16.3 Å². The first kappa shape index (κ1) is 16.1. The number of nitrogens with one attached hydrogen (secondary N) is 1. The smallest absolute Gasteiger partial charge is 0.0834 e. The number of hydrogen-bond acceptors (Lipinski definition) is 4.